The van der Waals surface area contributed by atoms with Gasteiger partial charge in [0, 0.05) is 31.3 Å². The predicted octanol–water partition coefficient (Wildman–Crippen LogP) is 5.80. The number of nitrogens with one attached hydrogen (secondary N) is 3. The topological polar surface area (TPSA) is 120 Å². The third-order valence-electron chi connectivity index (χ3n) is 9.92. The zero-order valence-electron chi connectivity index (χ0n) is 32.4. The van der Waals surface area contributed by atoms with Gasteiger partial charge in [0.1, 0.15) is 24.4 Å². The smallest absolute Gasteiger partial charge is 0.250 e. The van der Waals surface area contributed by atoms with Crippen molar-refractivity contribution in [2.75, 3.05) is 20.1 Å². The van der Waals surface area contributed by atoms with Gasteiger partial charge in [-0.15, -0.1) is 0 Å². The van der Waals surface area contributed by atoms with Crippen LogP contribution in [0.3, 0.4) is 0 Å². The van der Waals surface area contributed by atoms with E-state index in [-0.39, 0.29) is 30.7 Å². The zero-order chi connectivity index (χ0) is 39.4. The normalized spacial score (nSPS) is 15.4. The van der Waals surface area contributed by atoms with Crippen molar-refractivity contribution < 1.29 is 23.9 Å². The number of hydrogen-bond acceptors (Lipinski definition) is 6. The van der Waals surface area contributed by atoms with Gasteiger partial charge in [-0.2, -0.15) is 0 Å². The van der Waals surface area contributed by atoms with Crippen LogP contribution in [0.25, 0.3) is 0 Å². The number of benzene rings is 4. The summed E-state index contributed by atoms with van der Waals surface area (Å²) in [7, 11) is 1.67. The van der Waals surface area contributed by atoms with Gasteiger partial charge in [0.15, 0.2) is 0 Å². The van der Waals surface area contributed by atoms with Crippen LogP contribution in [-0.4, -0.2) is 71.7 Å². The SMILES string of the molecule is CN[C@@H](C)C(=O)N[C@H](C(=O)NCC(=O)N1C=CN(CCC(c2ccccc2)c2ccccc2)C(=O)[C@@H]1Cc1ccc(OCc2ccccc2)cc1)C(C)(C)C. The number of likely N-dealkylation sites (N-methyl/N-ethyl adjacent to an activating group) is 1. The molecule has 1 heterocycles. The van der Waals surface area contributed by atoms with Gasteiger partial charge in [-0.25, -0.2) is 0 Å². The van der Waals surface area contributed by atoms with Crippen LogP contribution in [0.1, 0.15) is 62.3 Å². The van der Waals surface area contributed by atoms with Crippen LogP contribution in [0.2, 0.25) is 0 Å². The van der Waals surface area contributed by atoms with Gasteiger partial charge in [0.25, 0.3) is 0 Å². The molecule has 0 aliphatic carbocycles. The predicted molar refractivity (Wildman–Crippen MR) is 215 cm³/mol. The summed E-state index contributed by atoms with van der Waals surface area (Å²) in [5.41, 5.74) is 3.59. The first-order valence-corrected chi connectivity index (χ1v) is 18.9. The van der Waals surface area contributed by atoms with E-state index < -0.39 is 35.4 Å². The second-order valence-electron chi connectivity index (χ2n) is 15.0. The molecule has 3 atom stereocenters. The molecule has 0 radical (unpaired) electrons. The average Bonchev–Trinajstić information content (AvgIpc) is 3.20. The molecule has 10 heteroatoms. The van der Waals surface area contributed by atoms with E-state index in [0.29, 0.717) is 25.3 Å². The molecule has 0 saturated carbocycles. The fourth-order valence-electron chi connectivity index (χ4n) is 6.55. The summed E-state index contributed by atoms with van der Waals surface area (Å²) in [5.74, 6) is -0.717. The number of carbonyl (C=O) groups excluding carboxylic acids is 4. The van der Waals surface area contributed by atoms with E-state index in [1.807, 2.05) is 112 Å². The Balaban J connectivity index is 1.33. The Morgan fingerprint density at radius 2 is 1.35 bits per heavy atom. The maximum Gasteiger partial charge on any atom is 0.250 e. The Bertz CT molecular complexity index is 1860. The van der Waals surface area contributed by atoms with Crippen LogP contribution in [0, 0.1) is 5.41 Å². The fourth-order valence-corrected chi connectivity index (χ4v) is 6.55. The minimum Gasteiger partial charge on any atom is -0.489 e. The van der Waals surface area contributed by atoms with Crippen molar-refractivity contribution in [3.63, 3.8) is 0 Å². The Kier molecular flexibility index (Phi) is 14.0. The maximum atomic E-state index is 14.4. The summed E-state index contributed by atoms with van der Waals surface area (Å²) in [4.78, 5) is 57.5. The zero-order valence-corrected chi connectivity index (χ0v) is 32.4. The third kappa shape index (κ3) is 11.1. The lowest BCUT2D eigenvalue weighted by Gasteiger charge is -2.37. The van der Waals surface area contributed by atoms with E-state index in [2.05, 4.69) is 40.2 Å². The summed E-state index contributed by atoms with van der Waals surface area (Å²) < 4.78 is 5.98. The van der Waals surface area contributed by atoms with E-state index in [1.165, 1.54) is 4.90 Å². The van der Waals surface area contributed by atoms with Gasteiger partial charge in [-0.1, -0.05) is 124 Å². The van der Waals surface area contributed by atoms with Gasteiger partial charge < -0.3 is 30.5 Å². The first-order valence-electron chi connectivity index (χ1n) is 18.9. The van der Waals surface area contributed by atoms with Gasteiger partial charge >= 0.3 is 0 Å². The largest absolute Gasteiger partial charge is 0.489 e. The standard InChI is InChI=1S/C45H53N5O5/c1-32(46-5)42(52)48-41(45(2,3)4)43(53)47-30-40(51)50-28-27-49(26-25-38(35-17-11-7-12-18-35)36-19-13-8-14-20-36)44(54)39(50)29-33-21-23-37(24-22-33)55-31-34-15-9-6-10-16-34/h6-24,27-28,32,38-39,41,46H,25-26,29-31H2,1-5H3,(H,47,53)(H,48,52)/t32-,39-,41+/m0/s1. The van der Waals surface area contributed by atoms with Gasteiger partial charge in [-0.3, -0.25) is 19.2 Å². The Morgan fingerprint density at radius 1 is 0.764 bits per heavy atom. The third-order valence-corrected chi connectivity index (χ3v) is 9.92. The highest BCUT2D eigenvalue weighted by Crippen LogP contribution is 2.29. The molecule has 3 N–H and O–H groups in total. The molecule has 4 aromatic rings. The summed E-state index contributed by atoms with van der Waals surface area (Å²) in [6, 6.07) is 35.7. The molecule has 0 saturated heterocycles. The summed E-state index contributed by atoms with van der Waals surface area (Å²) >= 11 is 0. The van der Waals surface area contributed by atoms with E-state index in [4.69, 9.17) is 4.74 Å². The van der Waals surface area contributed by atoms with Crippen LogP contribution in [0.4, 0.5) is 0 Å². The molecule has 55 heavy (non-hydrogen) atoms. The van der Waals surface area contributed by atoms with E-state index in [1.54, 1.807) is 31.3 Å². The van der Waals surface area contributed by atoms with Crippen LogP contribution >= 0.6 is 0 Å². The quantitative estimate of drug-likeness (QED) is 0.134. The van der Waals surface area contributed by atoms with Crippen molar-refractivity contribution in [2.24, 2.45) is 5.41 Å². The lowest BCUT2D eigenvalue weighted by molar-refractivity contribution is -0.143. The molecule has 0 aromatic heterocycles. The van der Waals surface area contributed by atoms with E-state index in [9.17, 15) is 19.2 Å². The van der Waals surface area contributed by atoms with Gasteiger partial charge in [0.05, 0.1) is 12.6 Å². The highest BCUT2D eigenvalue weighted by atomic mass is 16.5. The van der Waals surface area contributed by atoms with Crippen LogP contribution < -0.4 is 20.7 Å². The number of amides is 4. The summed E-state index contributed by atoms with van der Waals surface area (Å²) in [6.45, 7) is 7.75. The van der Waals surface area contributed by atoms with Crippen molar-refractivity contribution in [1.82, 2.24) is 25.8 Å². The number of carbonyl (C=O) groups is 4. The molecule has 1 aliphatic heterocycles. The second kappa shape index (κ2) is 19.0. The molecule has 5 rings (SSSR count). The van der Waals surface area contributed by atoms with Crippen molar-refractivity contribution in [3.8, 4) is 5.75 Å². The van der Waals surface area contributed by atoms with Crippen molar-refractivity contribution in [1.29, 1.82) is 0 Å². The van der Waals surface area contributed by atoms with Crippen LogP contribution in [0.5, 0.6) is 5.75 Å². The molecule has 4 aromatic carbocycles. The number of nitrogens with zero attached hydrogens (tertiary/aromatic N) is 2. The van der Waals surface area contributed by atoms with Gasteiger partial charge in [-0.05, 0) is 60.2 Å². The number of ether oxygens (including phenoxy) is 1. The molecule has 288 valence electrons. The lowest BCUT2D eigenvalue weighted by atomic mass is 9.86. The van der Waals surface area contributed by atoms with Gasteiger partial charge in [0.2, 0.25) is 23.6 Å². The molecule has 1 aliphatic rings. The minimum atomic E-state index is -0.891. The van der Waals surface area contributed by atoms with Crippen molar-refractivity contribution in [2.45, 2.75) is 71.2 Å². The minimum absolute atomic E-state index is 0.0627. The van der Waals surface area contributed by atoms with Crippen LogP contribution in [-0.2, 0) is 32.2 Å². The highest BCUT2D eigenvalue weighted by molar-refractivity contribution is 5.94. The molecule has 0 unspecified atom stereocenters. The second-order valence-corrected chi connectivity index (χ2v) is 15.0. The molecule has 0 bridgehead atoms. The Hall–Kier alpha value is -5.74. The first kappa shape index (κ1) is 40.4. The molecule has 10 nitrogen and oxygen atoms in total. The molecule has 0 spiro atoms. The number of hydrogen-bond donors (Lipinski definition) is 3. The Labute approximate surface area is 324 Å². The first-order chi connectivity index (χ1) is 26.4. The molecule has 0 fully saturated rings. The number of rotatable bonds is 16. The fraction of sp³-hybridized carbons (Fsp3) is 0.333. The summed E-state index contributed by atoms with van der Waals surface area (Å²) in [6.07, 6.45) is 4.21. The summed E-state index contributed by atoms with van der Waals surface area (Å²) in [5, 5.41) is 8.42. The maximum absolute atomic E-state index is 14.4. The van der Waals surface area contributed by atoms with E-state index in [0.717, 1.165) is 22.3 Å². The van der Waals surface area contributed by atoms with Crippen molar-refractivity contribution in [3.05, 3.63) is 150 Å². The average molecular weight is 744 g/mol. The van der Waals surface area contributed by atoms with Crippen LogP contribution in [0.15, 0.2) is 128 Å². The van der Waals surface area contributed by atoms with Crippen molar-refractivity contribution >= 4 is 23.6 Å². The lowest BCUT2D eigenvalue weighted by Crippen LogP contribution is -2.58. The molecule has 4 amide bonds. The highest BCUT2D eigenvalue weighted by Gasteiger charge is 2.37. The Morgan fingerprint density at radius 3 is 1.91 bits per heavy atom. The van der Waals surface area contributed by atoms with E-state index >= 15 is 0 Å². The monoisotopic (exact) mass is 743 g/mol. The molecular weight excluding hydrogens is 691 g/mol. The molecular formula is C45H53N5O5.